The van der Waals surface area contributed by atoms with E-state index in [4.69, 9.17) is 9.84 Å². The molecule has 1 rings (SSSR count). The Morgan fingerprint density at radius 1 is 1.67 bits per heavy atom. The summed E-state index contributed by atoms with van der Waals surface area (Å²) < 4.78 is 4.82. The number of carboxylic acids is 1. The molecule has 1 N–H and O–H groups in total. The fourth-order valence-electron chi connectivity index (χ4n) is 1.17. The number of carbonyl (C=O) groups is 2. The standard InChI is InChI=1S/C8H10O4/c1-12-7-3-5(8(10)11)2-6(9)4-7/h4-5H,2-3H2,1H3,(H,10,11). The van der Waals surface area contributed by atoms with Crippen LogP contribution in [0.5, 0.6) is 0 Å². The number of allylic oxidation sites excluding steroid dienone is 2. The molecule has 0 saturated carbocycles. The highest BCUT2D eigenvalue weighted by Crippen LogP contribution is 2.22. The van der Waals surface area contributed by atoms with Crippen LogP contribution in [0.4, 0.5) is 0 Å². The van der Waals surface area contributed by atoms with Gasteiger partial charge in [-0.2, -0.15) is 0 Å². The van der Waals surface area contributed by atoms with Crippen molar-refractivity contribution in [3.8, 4) is 0 Å². The van der Waals surface area contributed by atoms with Crippen LogP contribution in [0.15, 0.2) is 11.8 Å². The second-order valence-electron chi connectivity index (χ2n) is 2.72. The molecule has 4 nitrogen and oxygen atoms in total. The molecule has 1 atom stereocenters. The van der Waals surface area contributed by atoms with E-state index < -0.39 is 11.9 Å². The van der Waals surface area contributed by atoms with Gasteiger partial charge in [-0.25, -0.2) is 0 Å². The number of carbonyl (C=O) groups excluding carboxylic acids is 1. The monoisotopic (exact) mass is 170 g/mol. The summed E-state index contributed by atoms with van der Waals surface area (Å²) in [4.78, 5) is 21.5. The first-order chi connectivity index (χ1) is 5.63. The van der Waals surface area contributed by atoms with Gasteiger partial charge in [-0.05, 0) is 0 Å². The van der Waals surface area contributed by atoms with Crippen LogP contribution in [0, 0.1) is 5.92 Å². The zero-order valence-corrected chi connectivity index (χ0v) is 6.74. The summed E-state index contributed by atoms with van der Waals surface area (Å²) in [6.45, 7) is 0. The van der Waals surface area contributed by atoms with Crippen LogP contribution in [0.25, 0.3) is 0 Å². The van der Waals surface area contributed by atoms with Crippen molar-refractivity contribution in [1.29, 1.82) is 0 Å². The molecule has 1 aliphatic rings. The molecule has 4 heteroatoms. The number of hydrogen-bond acceptors (Lipinski definition) is 3. The van der Waals surface area contributed by atoms with Gasteiger partial charge in [-0.1, -0.05) is 0 Å². The number of carboxylic acid groups (broad SMARTS) is 1. The Hall–Kier alpha value is -1.32. The van der Waals surface area contributed by atoms with E-state index in [0.29, 0.717) is 12.2 Å². The van der Waals surface area contributed by atoms with Gasteiger partial charge in [0.1, 0.15) is 0 Å². The summed E-state index contributed by atoms with van der Waals surface area (Å²) in [6, 6.07) is 0. The van der Waals surface area contributed by atoms with Crippen LogP contribution in [-0.2, 0) is 14.3 Å². The molecule has 66 valence electrons. The molecule has 0 aromatic heterocycles. The molecule has 0 bridgehead atoms. The topological polar surface area (TPSA) is 63.6 Å². The van der Waals surface area contributed by atoms with Gasteiger partial charge in [-0.15, -0.1) is 0 Å². The second-order valence-corrected chi connectivity index (χ2v) is 2.72. The van der Waals surface area contributed by atoms with Crippen molar-refractivity contribution in [2.24, 2.45) is 5.92 Å². The summed E-state index contributed by atoms with van der Waals surface area (Å²) in [5.41, 5.74) is 0. The Morgan fingerprint density at radius 2 is 2.33 bits per heavy atom. The van der Waals surface area contributed by atoms with Gasteiger partial charge >= 0.3 is 5.97 Å². The minimum atomic E-state index is -0.939. The van der Waals surface area contributed by atoms with Crippen LogP contribution in [0.2, 0.25) is 0 Å². The maximum atomic E-state index is 10.9. The van der Waals surface area contributed by atoms with Crippen molar-refractivity contribution >= 4 is 11.8 Å². The van der Waals surface area contributed by atoms with Crippen LogP contribution < -0.4 is 0 Å². The average Bonchev–Trinajstić information content (AvgIpc) is 2.03. The SMILES string of the molecule is COC1=CC(=O)CC(C(=O)O)C1. The third-order valence-electron chi connectivity index (χ3n) is 1.83. The second kappa shape index (κ2) is 3.38. The number of hydrogen-bond donors (Lipinski definition) is 1. The maximum absolute atomic E-state index is 10.9. The molecule has 1 unspecified atom stereocenters. The molecule has 0 aromatic carbocycles. The molecule has 0 spiro atoms. The van der Waals surface area contributed by atoms with Gasteiger partial charge in [0.05, 0.1) is 18.8 Å². The predicted octanol–water partition coefficient (Wildman–Crippen LogP) is 0.580. The van der Waals surface area contributed by atoms with Gasteiger partial charge in [0.2, 0.25) is 0 Å². The number of ether oxygens (including phenoxy) is 1. The molecule has 0 heterocycles. The maximum Gasteiger partial charge on any atom is 0.307 e. The molecule has 12 heavy (non-hydrogen) atoms. The summed E-state index contributed by atoms with van der Waals surface area (Å²) >= 11 is 0. The number of methoxy groups -OCH3 is 1. The number of aliphatic carboxylic acids is 1. The normalized spacial score (nSPS) is 23.2. The quantitative estimate of drug-likeness (QED) is 0.658. The fourth-order valence-corrected chi connectivity index (χ4v) is 1.17. The zero-order valence-electron chi connectivity index (χ0n) is 6.74. The van der Waals surface area contributed by atoms with Crippen molar-refractivity contribution < 1.29 is 19.4 Å². The average molecular weight is 170 g/mol. The Kier molecular flexibility index (Phi) is 2.47. The van der Waals surface area contributed by atoms with E-state index in [-0.39, 0.29) is 12.2 Å². The predicted molar refractivity (Wildman–Crippen MR) is 40.5 cm³/mol. The van der Waals surface area contributed by atoms with E-state index in [2.05, 4.69) is 0 Å². The Balaban J connectivity index is 2.72. The molecule has 0 fully saturated rings. The highest BCUT2D eigenvalue weighted by atomic mass is 16.5. The molecule has 1 aliphatic carbocycles. The van der Waals surface area contributed by atoms with Gasteiger partial charge in [-0.3, -0.25) is 9.59 Å². The lowest BCUT2D eigenvalue weighted by Crippen LogP contribution is -2.22. The lowest BCUT2D eigenvalue weighted by molar-refractivity contribution is -0.144. The van der Waals surface area contributed by atoms with Gasteiger partial charge < -0.3 is 9.84 Å². The molecule has 0 radical (unpaired) electrons. The Bertz CT molecular complexity index is 241. The van der Waals surface area contributed by atoms with Crippen molar-refractivity contribution in [2.45, 2.75) is 12.8 Å². The van der Waals surface area contributed by atoms with E-state index in [1.54, 1.807) is 0 Å². The largest absolute Gasteiger partial charge is 0.501 e. The van der Waals surface area contributed by atoms with Crippen LogP contribution >= 0.6 is 0 Å². The minimum Gasteiger partial charge on any atom is -0.501 e. The number of rotatable bonds is 2. The highest BCUT2D eigenvalue weighted by Gasteiger charge is 2.26. The smallest absolute Gasteiger partial charge is 0.307 e. The molecule has 0 saturated heterocycles. The van der Waals surface area contributed by atoms with E-state index >= 15 is 0 Å². The van der Waals surface area contributed by atoms with E-state index in [0.717, 1.165) is 0 Å². The molecule has 0 aliphatic heterocycles. The Morgan fingerprint density at radius 3 is 2.83 bits per heavy atom. The lowest BCUT2D eigenvalue weighted by Gasteiger charge is -2.16. The highest BCUT2D eigenvalue weighted by molar-refractivity contribution is 5.94. The molecular formula is C8H10O4. The van der Waals surface area contributed by atoms with E-state index in [1.165, 1.54) is 13.2 Å². The number of ketones is 1. The fraction of sp³-hybridized carbons (Fsp3) is 0.500. The lowest BCUT2D eigenvalue weighted by atomic mass is 9.92. The van der Waals surface area contributed by atoms with Gasteiger partial charge in [0, 0.05) is 18.9 Å². The summed E-state index contributed by atoms with van der Waals surface area (Å²) in [5, 5.41) is 8.63. The van der Waals surface area contributed by atoms with Crippen molar-refractivity contribution in [3.63, 3.8) is 0 Å². The zero-order chi connectivity index (χ0) is 9.14. The van der Waals surface area contributed by atoms with Gasteiger partial charge in [0.15, 0.2) is 5.78 Å². The third-order valence-corrected chi connectivity index (χ3v) is 1.83. The molecular weight excluding hydrogens is 160 g/mol. The first-order valence-corrected chi connectivity index (χ1v) is 3.63. The van der Waals surface area contributed by atoms with Crippen molar-refractivity contribution in [1.82, 2.24) is 0 Å². The first kappa shape index (κ1) is 8.77. The first-order valence-electron chi connectivity index (χ1n) is 3.63. The van der Waals surface area contributed by atoms with Crippen LogP contribution in [-0.4, -0.2) is 24.0 Å². The van der Waals surface area contributed by atoms with Crippen molar-refractivity contribution in [2.75, 3.05) is 7.11 Å². The Labute approximate surface area is 69.8 Å². The third kappa shape index (κ3) is 1.84. The van der Waals surface area contributed by atoms with Crippen molar-refractivity contribution in [3.05, 3.63) is 11.8 Å². The van der Waals surface area contributed by atoms with Crippen LogP contribution in [0.1, 0.15) is 12.8 Å². The summed E-state index contributed by atoms with van der Waals surface area (Å²) in [5.74, 6) is -1.27. The van der Waals surface area contributed by atoms with E-state index in [1.807, 2.05) is 0 Å². The molecule has 0 amide bonds. The van der Waals surface area contributed by atoms with Gasteiger partial charge in [0.25, 0.3) is 0 Å². The molecule has 0 aromatic rings. The van der Waals surface area contributed by atoms with E-state index in [9.17, 15) is 9.59 Å². The summed E-state index contributed by atoms with van der Waals surface area (Å²) in [6.07, 6.45) is 1.76. The summed E-state index contributed by atoms with van der Waals surface area (Å²) in [7, 11) is 1.43. The van der Waals surface area contributed by atoms with Crippen LogP contribution in [0.3, 0.4) is 0 Å². The minimum absolute atomic E-state index is 0.0855.